The molecule has 0 aliphatic heterocycles. The van der Waals surface area contributed by atoms with E-state index >= 15 is 0 Å². The molecule has 2 heterocycles. The molecule has 0 bridgehead atoms. The second-order valence-corrected chi connectivity index (χ2v) is 8.37. The second-order valence-electron chi connectivity index (χ2n) is 8.37. The minimum atomic E-state index is -0.0851. The third-order valence-electron chi connectivity index (χ3n) is 5.09. The standard InChI is InChI=1S/C25H28N4O/c1-18(2)15-28(16-20-9-5-4-6-10-20)17-22-13-25(30)29-24(26-22)14-23(27-29)21-11-7-8-19(3)12-21/h4-14,18,27H,15-17H2,1-3H3. The smallest absolute Gasteiger partial charge is 0.272 e. The van der Waals surface area contributed by atoms with Gasteiger partial charge in [-0.25, -0.2) is 9.50 Å². The van der Waals surface area contributed by atoms with Gasteiger partial charge < -0.3 is 0 Å². The lowest BCUT2D eigenvalue weighted by Crippen LogP contribution is -2.28. The van der Waals surface area contributed by atoms with Crippen LogP contribution in [0.3, 0.4) is 0 Å². The molecular formula is C25H28N4O. The van der Waals surface area contributed by atoms with Gasteiger partial charge in [0.25, 0.3) is 5.56 Å². The molecule has 0 unspecified atom stereocenters. The van der Waals surface area contributed by atoms with Crippen molar-refractivity contribution in [3.8, 4) is 11.3 Å². The summed E-state index contributed by atoms with van der Waals surface area (Å²) in [4.78, 5) is 19.9. The molecule has 2 aromatic carbocycles. The fourth-order valence-electron chi connectivity index (χ4n) is 3.85. The van der Waals surface area contributed by atoms with Gasteiger partial charge in [0, 0.05) is 31.8 Å². The Bertz CT molecular complexity index is 1190. The summed E-state index contributed by atoms with van der Waals surface area (Å²) >= 11 is 0. The molecule has 2 aromatic heterocycles. The van der Waals surface area contributed by atoms with Crippen LogP contribution in [0.25, 0.3) is 16.9 Å². The summed E-state index contributed by atoms with van der Waals surface area (Å²) in [7, 11) is 0. The zero-order chi connectivity index (χ0) is 21.1. The van der Waals surface area contributed by atoms with Gasteiger partial charge in [-0.15, -0.1) is 0 Å². The minimum absolute atomic E-state index is 0.0851. The molecule has 0 saturated heterocycles. The molecule has 0 radical (unpaired) electrons. The van der Waals surface area contributed by atoms with Gasteiger partial charge >= 0.3 is 0 Å². The summed E-state index contributed by atoms with van der Waals surface area (Å²) < 4.78 is 1.52. The first-order chi connectivity index (χ1) is 14.5. The first kappa shape index (κ1) is 20.1. The molecule has 0 fully saturated rings. The van der Waals surface area contributed by atoms with Crippen LogP contribution in [0.5, 0.6) is 0 Å². The predicted molar refractivity (Wildman–Crippen MR) is 121 cm³/mol. The molecular weight excluding hydrogens is 372 g/mol. The number of H-pyrrole nitrogens is 1. The molecule has 0 amide bonds. The van der Waals surface area contributed by atoms with E-state index in [4.69, 9.17) is 4.98 Å². The van der Waals surface area contributed by atoms with Crippen molar-refractivity contribution >= 4 is 5.65 Å². The van der Waals surface area contributed by atoms with E-state index in [0.717, 1.165) is 30.0 Å². The third-order valence-corrected chi connectivity index (χ3v) is 5.09. The number of hydrogen-bond acceptors (Lipinski definition) is 3. The Hall–Kier alpha value is -3.18. The van der Waals surface area contributed by atoms with Crippen LogP contribution in [0, 0.1) is 12.8 Å². The molecule has 1 N–H and O–H groups in total. The maximum Gasteiger partial charge on any atom is 0.272 e. The molecule has 0 atom stereocenters. The quantitative estimate of drug-likeness (QED) is 0.491. The zero-order valence-corrected chi connectivity index (χ0v) is 17.8. The third kappa shape index (κ3) is 4.69. The minimum Gasteiger partial charge on any atom is -0.293 e. The van der Waals surface area contributed by atoms with E-state index in [2.05, 4.69) is 67.2 Å². The van der Waals surface area contributed by atoms with Crippen LogP contribution in [-0.2, 0) is 13.1 Å². The average molecular weight is 401 g/mol. The number of hydrogen-bond donors (Lipinski definition) is 1. The van der Waals surface area contributed by atoms with Crippen LogP contribution in [0.15, 0.2) is 71.5 Å². The summed E-state index contributed by atoms with van der Waals surface area (Å²) in [5.41, 5.74) is 5.75. The van der Waals surface area contributed by atoms with E-state index in [-0.39, 0.29) is 5.56 Å². The van der Waals surface area contributed by atoms with Gasteiger partial charge in [-0.05, 0) is 30.0 Å². The van der Waals surface area contributed by atoms with Crippen molar-refractivity contribution in [3.63, 3.8) is 0 Å². The lowest BCUT2D eigenvalue weighted by Gasteiger charge is -2.24. The highest BCUT2D eigenvalue weighted by Gasteiger charge is 2.13. The van der Waals surface area contributed by atoms with Crippen LogP contribution in [-0.4, -0.2) is 26.0 Å². The largest absolute Gasteiger partial charge is 0.293 e. The summed E-state index contributed by atoms with van der Waals surface area (Å²) in [5, 5.41) is 3.19. The Kier molecular flexibility index (Phi) is 5.81. The summed E-state index contributed by atoms with van der Waals surface area (Å²) in [6.07, 6.45) is 0. The Morgan fingerprint density at radius 2 is 1.80 bits per heavy atom. The molecule has 0 aliphatic carbocycles. The molecule has 5 nitrogen and oxygen atoms in total. The van der Waals surface area contributed by atoms with Gasteiger partial charge in [-0.3, -0.25) is 14.8 Å². The fraction of sp³-hybridized carbons (Fsp3) is 0.280. The van der Waals surface area contributed by atoms with Crippen molar-refractivity contribution in [3.05, 3.63) is 93.9 Å². The van der Waals surface area contributed by atoms with Gasteiger partial charge in [0.1, 0.15) is 0 Å². The molecule has 0 spiro atoms. The number of fused-ring (bicyclic) bond motifs is 1. The van der Waals surface area contributed by atoms with Crippen LogP contribution in [0.1, 0.15) is 30.7 Å². The highest BCUT2D eigenvalue weighted by Crippen LogP contribution is 2.20. The maximum atomic E-state index is 12.7. The van der Waals surface area contributed by atoms with Gasteiger partial charge in [0.05, 0.1) is 11.4 Å². The average Bonchev–Trinajstić information content (AvgIpc) is 3.13. The van der Waals surface area contributed by atoms with Crippen molar-refractivity contribution in [1.29, 1.82) is 0 Å². The van der Waals surface area contributed by atoms with Gasteiger partial charge in [-0.2, -0.15) is 0 Å². The van der Waals surface area contributed by atoms with Crippen molar-refractivity contribution < 1.29 is 0 Å². The normalized spacial score (nSPS) is 11.6. The number of aryl methyl sites for hydroxylation is 1. The number of aromatic amines is 1. The lowest BCUT2D eigenvalue weighted by atomic mass is 10.1. The number of benzene rings is 2. The van der Waals surface area contributed by atoms with E-state index in [9.17, 15) is 4.79 Å². The van der Waals surface area contributed by atoms with Gasteiger partial charge in [0.15, 0.2) is 5.65 Å². The highest BCUT2D eigenvalue weighted by atomic mass is 16.1. The first-order valence-electron chi connectivity index (χ1n) is 10.4. The van der Waals surface area contributed by atoms with Gasteiger partial charge in [-0.1, -0.05) is 67.9 Å². The van der Waals surface area contributed by atoms with Gasteiger partial charge in [0.2, 0.25) is 0 Å². The fourth-order valence-corrected chi connectivity index (χ4v) is 3.85. The SMILES string of the molecule is Cc1cccc(-c2cc3nc(CN(Cc4ccccc4)CC(C)C)cc(=O)n3[nH]2)c1. The number of aromatic nitrogens is 3. The molecule has 5 heteroatoms. The van der Waals surface area contributed by atoms with E-state index in [1.54, 1.807) is 6.07 Å². The summed E-state index contributed by atoms with van der Waals surface area (Å²) in [6.45, 7) is 8.90. The van der Waals surface area contributed by atoms with E-state index in [1.807, 2.05) is 24.3 Å². The number of nitrogens with one attached hydrogen (secondary N) is 1. The van der Waals surface area contributed by atoms with E-state index in [1.165, 1.54) is 15.6 Å². The highest BCUT2D eigenvalue weighted by molar-refractivity contribution is 5.64. The van der Waals surface area contributed by atoms with Crippen molar-refractivity contribution in [2.75, 3.05) is 6.54 Å². The number of rotatable bonds is 7. The molecule has 4 aromatic rings. The first-order valence-corrected chi connectivity index (χ1v) is 10.4. The van der Waals surface area contributed by atoms with E-state index in [0.29, 0.717) is 18.1 Å². The van der Waals surface area contributed by atoms with Crippen LogP contribution in [0.2, 0.25) is 0 Å². The molecule has 0 aliphatic rings. The van der Waals surface area contributed by atoms with E-state index < -0.39 is 0 Å². The van der Waals surface area contributed by atoms with Crippen LogP contribution >= 0.6 is 0 Å². The topological polar surface area (TPSA) is 53.4 Å². The number of nitrogens with zero attached hydrogens (tertiary/aromatic N) is 3. The molecule has 4 rings (SSSR count). The second kappa shape index (κ2) is 8.67. The molecule has 154 valence electrons. The van der Waals surface area contributed by atoms with Crippen LogP contribution in [0.4, 0.5) is 0 Å². The molecule has 30 heavy (non-hydrogen) atoms. The Morgan fingerprint density at radius 1 is 1.00 bits per heavy atom. The Labute approximate surface area is 177 Å². The monoisotopic (exact) mass is 400 g/mol. The van der Waals surface area contributed by atoms with Crippen LogP contribution < -0.4 is 5.56 Å². The van der Waals surface area contributed by atoms with Crippen molar-refractivity contribution in [1.82, 2.24) is 19.5 Å². The Balaban J connectivity index is 1.63. The Morgan fingerprint density at radius 3 is 2.53 bits per heavy atom. The zero-order valence-electron chi connectivity index (χ0n) is 17.8. The predicted octanol–water partition coefficient (Wildman–Crippen LogP) is 4.66. The van der Waals surface area contributed by atoms with Crippen molar-refractivity contribution in [2.45, 2.75) is 33.9 Å². The lowest BCUT2D eigenvalue weighted by molar-refractivity contribution is 0.225. The molecule has 0 saturated carbocycles. The van der Waals surface area contributed by atoms with Crippen molar-refractivity contribution in [2.24, 2.45) is 5.92 Å². The maximum absolute atomic E-state index is 12.7. The summed E-state index contributed by atoms with van der Waals surface area (Å²) in [5.74, 6) is 0.527. The summed E-state index contributed by atoms with van der Waals surface area (Å²) in [6, 6.07) is 22.2.